The van der Waals surface area contributed by atoms with Gasteiger partial charge in [0.25, 0.3) is 5.91 Å². The molecule has 4 rings (SSSR count). The number of anilines is 1. The lowest BCUT2D eigenvalue weighted by Crippen LogP contribution is -2.43. The maximum atomic E-state index is 14.6. The first-order valence-corrected chi connectivity index (χ1v) is 13.7. The lowest BCUT2D eigenvalue weighted by atomic mass is 10.1. The largest absolute Gasteiger partial charge is 0.461 e. The molecular formula is C27H25F4N3O5S. The highest BCUT2D eigenvalue weighted by atomic mass is 32.2. The van der Waals surface area contributed by atoms with Gasteiger partial charge in [0, 0.05) is 36.5 Å². The maximum Gasteiger partial charge on any atom is 0.323 e. The molecule has 3 aromatic rings. The van der Waals surface area contributed by atoms with Crippen molar-refractivity contribution >= 4 is 27.6 Å². The molecule has 13 heteroatoms. The van der Waals surface area contributed by atoms with Crippen LogP contribution in [0, 0.1) is 23.3 Å². The molecule has 3 N–H and O–H groups in total. The minimum Gasteiger partial charge on any atom is -0.461 e. The Balaban J connectivity index is 1.39. The van der Waals surface area contributed by atoms with Crippen molar-refractivity contribution in [3.8, 4) is 0 Å². The van der Waals surface area contributed by atoms with Gasteiger partial charge in [-0.25, -0.2) is 26.0 Å². The standard InChI is InChI=1S/C27H25F4N3O5S/c28-20-7-6-17(26(35)33-18-14-21(29)25(31)22(30)15-18)13-24(20)40(37,38)34-10-8-19(9-11-34)39-27(36)23(32)12-16-4-2-1-3-5-16/h1-7,13-15,19,23H,8-12,32H2,(H,33,35)/t23-/m0/s1. The average Bonchev–Trinajstić information content (AvgIpc) is 2.92. The van der Waals surface area contributed by atoms with Gasteiger partial charge in [-0.2, -0.15) is 4.31 Å². The zero-order chi connectivity index (χ0) is 29.0. The highest BCUT2D eigenvalue weighted by molar-refractivity contribution is 7.89. The molecule has 0 saturated carbocycles. The first kappa shape index (κ1) is 29.2. The second kappa shape index (κ2) is 12.1. The minimum atomic E-state index is -4.41. The van der Waals surface area contributed by atoms with Crippen LogP contribution in [0.3, 0.4) is 0 Å². The van der Waals surface area contributed by atoms with Gasteiger partial charge in [-0.15, -0.1) is 0 Å². The molecule has 40 heavy (non-hydrogen) atoms. The molecule has 0 radical (unpaired) electrons. The van der Waals surface area contributed by atoms with Crippen LogP contribution in [0.4, 0.5) is 23.2 Å². The Morgan fingerprint density at radius 3 is 2.20 bits per heavy atom. The van der Waals surface area contributed by atoms with E-state index in [-0.39, 0.29) is 37.9 Å². The number of ether oxygens (including phenoxy) is 1. The molecule has 1 fully saturated rings. The van der Waals surface area contributed by atoms with E-state index >= 15 is 0 Å². The number of nitrogens with zero attached hydrogens (tertiary/aromatic N) is 1. The van der Waals surface area contributed by atoms with Crippen LogP contribution in [0.2, 0.25) is 0 Å². The Kier molecular flexibility index (Phi) is 8.86. The highest BCUT2D eigenvalue weighted by Crippen LogP contribution is 2.26. The quantitative estimate of drug-likeness (QED) is 0.238. The summed E-state index contributed by atoms with van der Waals surface area (Å²) in [6, 6.07) is 11.9. The van der Waals surface area contributed by atoms with E-state index in [1.807, 2.05) is 30.3 Å². The number of hydrogen-bond acceptors (Lipinski definition) is 6. The summed E-state index contributed by atoms with van der Waals surface area (Å²) in [5.74, 6) is -7.53. The van der Waals surface area contributed by atoms with Crippen molar-refractivity contribution in [2.45, 2.75) is 36.3 Å². The van der Waals surface area contributed by atoms with Crippen LogP contribution in [0.25, 0.3) is 0 Å². The van der Waals surface area contributed by atoms with Crippen LogP contribution in [0.15, 0.2) is 65.6 Å². The number of carbonyl (C=O) groups excluding carboxylic acids is 2. The maximum absolute atomic E-state index is 14.6. The number of benzene rings is 3. The van der Waals surface area contributed by atoms with E-state index < -0.39 is 67.9 Å². The lowest BCUT2D eigenvalue weighted by molar-refractivity contribution is -0.152. The number of esters is 1. The van der Waals surface area contributed by atoms with E-state index in [0.29, 0.717) is 12.1 Å². The fourth-order valence-electron chi connectivity index (χ4n) is 4.21. The molecule has 0 unspecified atom stereocenters. The second-order valence-electron chi connectivity index (χ2n) is 9.19. The predicted molar refractivity (Wildman–Crippen MR) is 137 cm³/mol. The van der Waals surface area contributed by atoms with Crippen molar-refractivity contribution in [1.29, 1.82) is 0 Å². The van der Waals surface area contributed by atoms with Crippen LogP contribution >= 0.6 is 0 Å². The molecule has 1 saturated heterocycles. The molecule has 0 bridgehead atoms. The number of hydrogen-bond donors (Lipinski definition) is 2. The molecule has 8 nitrogen and oxygen atoms in total. The number of nitrogens with two attached hydrogens (primary N) is 1. The molecule has 0 aromatic heterocycles. The summed E-state index contributed by atoms with van der Waals surface area (Å²) in [4.78, 5) is 24.2. The summed E-state index contributed by atoms with van der Waals surface area (Å²) in [5, 5.41) is 2.12. The Morgan fingerprint density at radius 1 is 0.950 bits per heavy atom. The van der Waals surface area contributed by atoms with E-state index in [1.165, 1.54) is 0 Å². The van der Waals surface area contributed by atoms with Gasteiger partial charge in [0.05, 0.1) is 0 Å². The summed E-state index contributed by atoms with van der Waals surface area (Å²) >= 11 is 0. The third kappa shape index (κ3) is 6.66. The van der Waals surface area contributed by atoms with E-state index in [2.05, 4.69) is 5.32 Å². The number of amides is 1. The van der Waals surface area contributed by atoms with Gasteiger partial charge in [0.15, 0.2) is 17.5 Å². The number of nitrogens with one attached hydrogen (secondary N) is 1. The van der Waals surface area contributed by atoms with Crippen molar-refractivity contribution in [3.05, 3.63) is 95.1 Å². The van der Waals surface area contributed by atoms with E-state index in [1.54, 1.807) is 0 Å². The molecule has 1 aliphatic rings. The highest BCUT2D eigenvalue weighted by Gasteiger charge is 2.33. The predicted octanol–water partition coefficient (Wildman–Crippen LogP) is 3.76. The van der Waals surface area contributed by atoms with Crippen LogP contribution in [0.1, 0.15) is 28.8 Å². The number of sulfonamides is 1. The van der Waals surface area contributed by atoms with Crippen molar-refractivity contribution in [3.63, 3.8) is 0 Å². The topological polar surface area (TPSA) is 119 Å². The molecular weight excluding hydrogens is 554 g/mol. The number of rotatable bonds is 8. The van der Waals surface area contributed by atoms with Gasteiger partial charge in [-0.1, -0.05) is 30.3 Å². The smallest absolute Gasteiger partial charge is 0.323 e. The van der Waals surface area contributed by atoms with Crippen molar-refractivity contribution in [2.24, 2.45) is 5.73 Å². The van der Waals surface area contributed by atoms with Gasteiger partial charge in [0.2, 0.25) is 10.0 Å². The Hall–Kier alpha value is -3.81. The van der Waals surface area contributed by atoms with Gasteiger partial charge in [0.1, 0.15) is 22.9 Å². The Bertz CT molecular complexity index is 1490. The van der Waals surface area contributed by atoms with Gasteiger partial charge >= 0.3 is 5.97 Å². The van der Waals surface area contributed by atoms with E-state index in [0.717, 1.165) is 28.1 Å². The van der Waals surface area contributed by atoms with Crippen LogP contribution < -0.4 is 11.1 Å². The normalized spacial score (nSPS) is 15.4. The van der Waals surface area contributed by atoms with E-state index in [9.17, 15) is 35.6 Å². The third-order valence-electron chi connectivity index (χ3n) is 6.34. The number of halogens is 4. The van der Waals surface area contributed by atoms with Gasteiger partial charge in [-0.3, -0.25) is 9.59 Å². The summed E-state index contributed by atoms with van der Waals surface area (Å²) in [6.45, 7) is -0.170. The van der Waals surface area contributed by atoms with Crippen molar-refractivity contribution in [1.82, 2.24) is 4.31 Å². The van der Waals surface area contributed by atoms with Crippen molar-refractivity contribution < 1.29 is 40.3 Å². The van der Waals surface area contributed by atoms with Crippen LogP contribution in [0.5, 0.6) is 0 Å². The Morgan fingerprint density at radius 2 is 1.57 bits per heavy atom. The summed E-state index contributed by atoms with van der Waals surface area (Å²) in [7, 11) is -4.41. The molecule has 3 aromatic carbocycles. The first-order chi connectivity index (χ1) is 19.0. The summed E-state index contributed by atoms with van der Waals surface area (Å²) in [5.41, 5.74) is 6.08. The number of carbonyl (C=O) groups is 2. The Labute approximate surface area is 227 Å². The average molecular weight is 580 g/mol. The number of piperidine rings is 1. The molecule has 0 aliphatic carbocycles. The van der Waals surface area contributed by atoms with Gasteiger partial charge in [-0.05, 0) is 43.0 Å². The molecule has 0 spiro atoms. The summed E-state index contributed by atoms with van der Waals surface area (Å²) in [6.07, 6.45) is -0.0144. The van der Waals surface area contributed by atoms with Crippen LogP contribution in [-0.4, -0.2) is 49.8 Å². The molecule has 1 atom stereocenters. The lowest BCUT2D eigenvalue weighted by Gasteiger charge is -2.31. The minimum absolute atomic E-state index is 0.0851. The van der Waals surface area contributed by atoms with Crippen LogP contribution in [-0.2, 0) is 26.0 Å². The molecule has 1 aliphatic heterocycles. The monoisotopic (exact) mass is 579 g/mol. The second-order valence-corrected chi connectivity index (χ2v) is 11.1. The molecule has 1 heterocycles. The molecule has 1 amide bonds. The van der Waals surface area contributed by atoms with E-state index in [4.69, 9.17) is 10.5 Å². The third-order valence-corrected chi connectivity index (χ3v) is 8.25. The zero-order valence-electron chi connectivity index (χ0n) is 20.9. The van der Waals surface area contributed by atoms with Crippen molar-refractivity contribution in [2.75, 3.05) is 18.4 Å². The SMILES string of the molecule is N[C@@H](Cc1ccccc1)C(=O)OC1CCN(S(=O)(=O)c2cc(C(=O)Nc3cc(F)c(F)c(F)c3)ccc2F)CC1. The fourth-order valence-corrected chi connectivity index (χ4v) is 5.77. The zero-order valence-corrected chi connectivity index (χ0v) is 21.8. The summed E-state index contributed by atoms with van der Waals surface area (Å²) < 4.78 is 87.6. The van der Waals surface area contributed by atoms with Gasteiger partial charge < -0.3 is 15.8 Å². The fraction of sp³-hybridized carbons (Fsp3) is 0.259. The first-order valence-electron chi connectivity index (χ1n) is 12.2. The molecule has 212 valence electrons.